The molecule has 1 saturated heterocycles. The topological polar surface area (TPSA) is 36.5 Å². The van der Waals surface area contributed by atoms with E-state index in [1.807, 2.05) is 0 Å². The lowest BCUT2D eigenvalue weighted by molar-refractivity contribution is 0.0731. The van der Waals surface area contributed by atoms with Gasteiger partial charge in [0.2, 0.25) is 0 Å². The van der Waals surface area contributed by atoms with Crippen LogP contribution in [0.3, 0.4) is 0 Å². The summed E-state index contributed by atoms with van der Waals surface area (Å²) in [4.78, 5) is 2.20. The molecule has 4 heteroatoms. The largest absolute Gasteiger partial charge is 0.382 e. The lowest BCUT2D eigenvalue weighted by atomic mass is 10.1. The molecular formula is C16H27N3O. The molecule has 1 fully saturated rings. The monoisotopic (exact) mass is 277 g/mol. The van der Waals surface area contributed by atoms with E-state index < -0.39 is 0 Å². The van der Waals surface area contributed by atoms with Crippen LogP contribution in [0.1, 0.15) is 18.9 Å². The molecule has 112 valence electrons. The maximum Gasteiger partial charge on any atom is 0.0621 e. The molecule has 4 nitrogen and oxygen atoms in total. The van der Waals surface area contributed by atoms with Gasteiger partial charge in [-0.3, -0.25) is 0 Å². The van der Waals surface area contributed by atoms with Gasteiger partial charge in [-0.2, -0.15) is 0 Å². The van der Waals surface area contributed by atoms with E-state index in [1.54, 1.807) is 0 Å². The lowest BCUT2D eigenvalue weighted by Gasteiger charge is -2.27. The maximum absolute atomic E-state index is 5.51. The number of ether oxygens (including phenoxy) is 1. The Morgan fingerprint density at radius 2 is 2.20 bits per heavy atom. The highest BCUT2D eigenvalue weighted by atomic mass is 16.5. The van der Waals surface area contributed by atoms with E-state index in [2.05, 4.69) is 60.8 Å². The average molecular weight is 277 g/mol. The SMILES string of the molecule is CC(CC1COCCN1)Nc1ccccc1CN(C)C. The molecule has 20 heavy (non-hydrogen) atoms. The van der Waals surface area contributed by atoms with Crippen LogP contribution in [0.25, 0.3) is 0 Å². The van der Waals surface area contributed by atoms with Crippen molar-refractivity contribution in [3.8, 4) is 0 Å². The fourth-order valence-corrected chi connectivity index (χ4v) is 2.66. The van der Waals surface area contributed by atoms with E-state index in [4.69, 9.17) is 4.74 Å². The second-order valence-electron chi connectivity index (χ2n) is 5.90. The number of benzene rings is 1. The molecular weight excluding hydrogens is 250 g/mol. The Morgan fingerprint density at radius 1 is 1.40 bits per heavy atom. The molecule has 1 aliphatic heterocycles. The summed E-state index contributed by atoms with van der Waals surface area (Å²) >= 11 is 0. The number of nitrogens with one attached hydrogen (secondary N) is 2. The first kappa shape index (κ1) is 15.3. The van der Waals surface area contributed by atoms with Crippen molar-refractivity contribution in [1.29, 1.82) is 0 Å². The fourth-order valence-electron chi connectivity index (χ4n) is 2.66. The summed E-state index contributed by atoms with van der Waals surface area (Å²) < 4.78 is 5.51. The van der Waals surface area contributed by atoms with E-state index in [9.17, 15) is 0 Å². The van der Waals surface area contributed by atoms with Gasteiger partial charge < -0.3 is 20.3 Å². The second kappa shape index (κ2) is 7.62. The van der Waals surface area contributed by atoms with Crippen molar-refractivity contribution in [3.63, 3.8) is 0 Å². The molecule has 2 atom stereocenters. The Balaban J connectivity index is 1.91. The van der Waals surface area contributed by atoms with Crippen LogP contribution < -0.4 is 10.6 Å². The third-order valence-corrected chi connectivity index (χ3v) is 3.54. The summed E-state index contributed by atoms with van der Waals surface area (Å²) in [5.41, 5.74) is 2.59. The zero-order valence-electron chi connectivity index (χ0n) is 12.9. The Kier molecular flexibility index (Phi) is 5.83. The van der Waals surface area contributed by atoms with Crippen LogP contribution in [-0.2, 0) is 11.3 Å². The van der Waals surface area contributed by atoms with Crippen LogP contribution in [0.4, 0.5) is 5.69 Å². The van der Waals surface area contributed by atoms with Gasteiger partial charge in [0.25, 0.3) is 0 Å². The normalized spacial score (nSPS) is 20.9. The van der Waals surface area contributed by atoms with Gasteiger partial charge in [-0.25, -0.2) is 0 Å². The highest BCUT2D eigenvalue weighted by molar-refractivity contribution is 5.51. The van der Waals surface area contributed by atoms with Gasteiger partial charge in [-0.1, -0.05) is 18.2 Å². The van der Waals surface area contributed by atoms with Gasteiger partial charge in [0, 0.05) is 30.9 Å². The fraction of sp³-hybridized carbons (Fsp3) is 0.625. The van der Waals surface area contributed by atoms with Crippen LogP contribution in [0.15, 0.2) is 24.3 Å². The highest BCUT2D eigenvalue weighted by Crippen LogP contribution is 2.18. The van der Waals surface area contributed by atoms with Crippen molar-refractivity contribution in [2.24, 2.45) is 0 Å². The number of anilines is 1. The third kappa shape index (κ3) is 4.78. The van der Waals surface area contributed by atoms with Crippen molar-refractivity contribution in [3.05, 3.63) is 29.8 Å². The van der Waals surface area contributed by atoms with Gasteiger partial charge in [0.15, 0.2) is 0 Å². The summed E-state index contributed by atoms with van der Waals surface area (Å²) in [6, 6.07) is 9.45. The van der Waals surface area contributed by atoms with Crippen LogP contribution in [0, 0.1) is 0 Å². The smallest absolute Gasteiger partial charge is 0.0621 e. The number of rotatable bonds is 6. The van der Waals surface area contributed by atoms with Crippen LogP contribution >= 0.6 is 0 Å². The molecule has 0 aliphatic carbocycles. The van der Waals surface area contributed by atoms with Gasteiger partial charge in [-0.05, 0) is 39.1 Å². The molecule has 0 spiro atoms. The Bertz CT molecular complexity index is 402. The summed E-state index contributed by atoms with van der Waals surface area (Å²) in [6.45, 7) is 5.83. The number of para-hydroxylation sites is 1. The quantitative estimate of drug-likeness (QED) is 0.833. The van der Waals surface area contributed by atoms with E-state index >= 15 is 0 Å². The molecule has 0 saturated carbocycles. The Morgan fingerprint density at radius 3 is 2.90 bits per heavy atom. The molecule has 1 heterocycles. The first-order valence-electron chi connectivity index (χ1n) is 7.45. The second-order valence-corrected chi connectivity index (χ2v) is 5.90. The number of nitrogens with zero attached hydrogens (tertiary/aromatic N) is 1. The third-order valence-electron chi connectivity index (χ3n) is 3.54. The highest BCUT2D eigenvalue weighted by Gasteiger charge is 2.16. The van der Waals surface area contributed by atoms with E-state index in [1.165, 1.54) is 11.3 Å². The molecule has 1 aliphatic rings. The lowest BCUT2D eigenvalue weighted by Crippen LogP contribution is -2.43. The van der Waals surface area contributed by atoms with Crippen LogP contribution in [0.2, 0.25) is 0 Å². The summed E-state index contributed by atoms with van der Waals surface area (Å²) in [7, 11) is 4.20. The summed E-state index contributed by atoms with van der Waals surface area (Å²) in [5, 5.41) is 7.15. The van der Waals surface area contributed by atoms with Gasteiger partial charge in [0.1, 0.15) is 0 Å². The maximum atomic E-state index is 5.51. The Labute approximate surface area is 122 Å². The number of hydrogen-bond donors (Lipinski definition) is 2. The average Bonchev–Trinajstić information content (AvgIpc) is 2.41. The number of hydrogen-bond acceptors (Lipinski definition) is 4. The molecule has 2 unspecified atom stereocenters. The molecule has 0 aromatic heterocycles. The standard InChI is InChI=1S/C16H27N3O/c1-13(10-15-12-20-9-8-17-15)18-16-7-5-4-6-14(16)11-19(2)3/h4-7,13,15,17-18H,8-12H2,1-3H3. The molecule has 2 N–H and O–H groups in total. The van der Waals surface area contributed by atoms with Crippen molar-refractivity contribution in [1.82, 2.24) is 10.2 Å². The number of morpholine rings is 1. The molecule has 1 aromatic rings. The zero-order chi connectivity index (χ0) is 14.4. The first-order chi connectivity index (χ1) is 9.65. The van der Waals surface area contributed by atoms with Crippen molar-refractivity contribution >= 4 is 5.69 Å². The van der Waals surface area contributed by atoms with Gasteiger partial charge >= 0.3 is 0 Å². The molecule has 2 rings (SSSR count). The van der Waals surface area contributed by atoms with E-state index in [-0.39, 0.29) is 0 Å². The predicted molar refractivity (Wildman–Crippen MR) is 84.1 cm³/mol. The predicted octanol–water partition coefficient (Wildman–Crippen LogP) is 1.93. The van der Waals surface area contributed by atoms with Crippen LogP contribution in [0.5, 0.6) is 0 Å². The molecule has 0 amide bonds. The Hall–Kier alpha value is -1.10. The van der Waals surface area contributed by atoms with Crippen molar-refractivity contribution < 1.29 is 4.74 Å². The zero-order valence-corrected chi connectivity index (χ0v) is 12.9. The van der Waals surface area contributed by atoms with Crippen molar-refractivity contribution in [2.45, 2.75) is 32.0 Å². The summed E-state index contributed by atoms with van der Waals surface area (Å²) in [5.74, 6) is 0. The van der Waals surface area contributed by atoms with E-state index in [0.29, 0.717) is 12.1 Å². The first-order valence-corrected chi connectivity index (χ1v) is 7.45. The van der Waals surface area contributed by atoms with Crippen molar-refractivity contribution in [2.75, 3.05) is 39.2 Å². The molecule has 0 bridgehead atoms. The molecule has 0 radical (unpaired) electrons. The van der Waals surface area contributed by atoms with Gasteiger partial charge in [0.05, 0.1) is 13.2 Å². The summed E-state index contributed by atoms with van der Waals surface area (Å²) in [6.07, 6.45) is 1.08. The van der Waals surface area contributed by atoms with Gasteiger partial charge in [-0.15, -0.1) is 0 Å². The molecule has 1 aromatic carbocycles. The van der Waals surface area contributed by atoms with E-state index in [0.717, 1.165) is 32.7 Å². The minimum absolute atomic E-state index is 0.428. The minimum atomic E-state index is 0.428. The minimum Gasteiger partial charge on any atom is -0.382 e. The van der Waals surface area contributed by atoms with Crippen LogP contribution in [-0.4, -0.2) is 50.8 Å².